The van der Waals surface area contributed by atoms with Crippen LogP contribution >= 0.6 is 23.2 Å². The minimum Gasteiger partial charge on any atom is -0.211 e. The summed E-state index contributed by atoms with van der Waals surface area (Å²) in [5.41, 5.74) is -0.212. The molecule has 3 nitrogen and oxygen atoms in total. The van der Waals surface area contributed by atoms with Gasteiger partial charge in [0.1, 0.15) is 4.90 Å². The maximum Gasteiger partial charge on any atom is 0.242 e. The van der Waals surface area contributed by atoms with Crippen molar-refractivity contribution in [3.8, 4) is 0 Å². The SMILES string of the molecule is CCC(CC)(CCl)CNS(=O)(=O)c1ccccc1Cl. The molecule has 19 heavy (non-hydrogen) atoms. The van der Waals surface area contributed by atoms with E-state index < -0.39 is 10.0 Å². The van der Waals surface area contributed by atoms with Crippen LogP contribution in [0.5, 0.6) is 0 Å². The summed E-state index contributed by atoms with van der Waals surface area (Å²) in [6, 6.07) is 6.40. The average molecular weight is 324 g/mol. The van der Waals surface area contributed by atoms with Crippen LogP contribution in [0.3, 0.4) is 0 Å². The number of benzene rings is 1. The highest BCUT2D eigenvalue weighted by atomic mass is 35.5. The first-order valence-corrected chi connectivity index (χ1v) is 8.60. The standard InChI is InChI=1S/C13H19Cl2NO2S/c1-3-13(4-2,9-14)10-16-19(17,18)12-8-6-5-7-11(12)15/h5-8,16H,3-4,9-10H2,1-2H3. The second-order valence-corrected chi connectivity index (χ2v) is 7.01. The van der Waals surface area contributed by atoms with Crippen molar-refractivity contribution in [2.45, 2.75) is 31.6 Å². The quantitative estimate of drug-likeness (QED) is 0.778. The normalized spacial score (nSPS) is 12.6. The first-order chi connectivity index (χ1) is 8.90. The second kappa shape index (κ2) is 6.93. The number of hydrogen-bond acceptors (Lipinski definition) is 2. The van der Waals surface area contributed by atoms with Crippen LogP contribution < -0.4 is 4.72 Å². The van der Waals surface area contributed by atoms with E-state index in [1.165, 1.54) is 6.07 Å². The van der Waals surface area contributed by atoms with Crippen molar-refractivity contribution in [1.29, 1.82) is 0 Å². The van der Waals surface area contributed by atoms with Crippen molar-refractivity contribution in [2.75, 3.05) is 12.4 Å². The summed E-state index contributed by atoms with van der Waals surface area (Å²) < 4.78 is 27.0. The Kier molecular flexibility index (Phi) is 6.12. The Morgan fingerprint density at radius 1 is 1.21 bits per heavy atom. The molecule has 0 aliphatic carbocycles. The van der Waals surface area contributed by atoms with Crippen molar-refractivity contribution < 1.29 is 8.42 Å². The molecule has 108 valence electrons. The van der Waals surface area contributed by atoms with E-state index in [-0.39, 0.29) is 15.3 Å². The Labute approximate surface area is 125 Å². The first kappa shape index (κ1) is 16.8. The number of hydrogen-bond donors (Lipinski definition) is 1. The van der Waals surface area contributed by atoms with Gasteiger partial charge in [0.15, 0.2) is 0 Å². The Morgan fingerprint density at radius 3 is 2.26 bits per heavy atom. The maximum atomic E-state index is 12.2. The van der Waals surface area contributed by atoms with Gasteiger partial charge in [0, 0.05) is 12.4 Å². The van der Waals surface area contributed by atoms with E-state index in [0.29, 0.717) is 12.4 Å². The highest BCUT2D eigenvalue weighted by Crippen LogP contribution is 2.28. The van der Waals surface area contributed by atoms with Gasteiger partial charge in [-0.2, -0.15) is 0 Å². The van der Waals surface area contributed by atoms with Gasteiger partial charge in [0.05, 0.1) is 5.02 Å². The monoisotopic (exact) mass is 323 g/mol. The Bertz CT molecular complexity index is 505. The molecule has 0 atom stereocenters. The third-order valence-corrected chi connectivity index (χ3v) is 6.01. The Balaban J connectivity index is 2.90. The molecular weight excluding hydrogens is 305 g/mol. The van der Waals surface area contributed by atoms with Gasteiger partial charge in [-0.15, -0.1) is 11.6 Å². The number of nitrogens with one attached hydrogen (secondary N) is 1. The van der Waals surface area contributed by atoms with Crippen LogP contribution in [0.1, 0.15) is 26.7 Å². The van der Waals surface area contributed by atoms with Gasteiger partial charge in [0.25, 0.3) is 0 Å². The van der Waals surface area contributed by atoms with E-state index in [9.17, 15) is 8.42 Å². The number of alkyl halides is 1. The Hall–Kier alpha value is -0.290. The molecule has 0 fully saturated rings. The predicted octanol–water partition coefficient (Wildman–Crippen LogP) is 3.66. The first-order valence-electron chi connectivity index (χ1n) is 6.21. The van der Waals surface area contributed by atoms with Crippen LogP contribution in [0.15, 0.2) is 29.2 Å². The van der Waals surface area contributed by atoms with E-state index in [2.05, 4.69) is 4.72 Å². The zero-order valence-corrected chi connectivity index (χ0v) is 13.4. The lowest BCUT2D eigenvalue weighted by molar-refractivity contribution is 0.304. The van der Waals surface area contributed by atoms with Crippen molar-refractivity contribution in [3.63, 3.8) is 0 Å². The van der Waals surface area contributed by atoms with Gasteiger partial charge in [-0.25, -0.2) is 13.1 Å². The Morgan fingerprint density at radius 2 is 1.79 bits per heavy atom. The summed E-state index contributed by atoms with van der Waals surface area (Å²) in [4.78, 5) is 0.104. The van der Waals surface area contributed by atoms with Crippen LogP contribution in [0.2, 0.25) is 5.02 Å². The molecule has 0 heterocycles. The molecule has 0 spiro atoms. The molecular formula is C13H19Cl2NO2S. The molecule has 0 saturated carbocycles. The fourth-order valence-electron chi connectivity index (χ4n) is 1.72. The van der Waals surface area contributed by atoms with Crippen LogP contribution in [0, 0.1) is 5.41 Å². The minimum absolute atomic E-state index is 0.104. The molecule has 0 aromatic heterocycles. The average Bonchev–Trinajstić information content (AvgIpc) is 2.41. The zero-order chi connectivity index (χ0) is 14.5. The molecule has 0 saturated heterocycles. The maximum absolute atomic E-state index is 12.2. The summed E-state index contributed by atoms with van der Waals surface area (Å²) in [7, 11) is -3.60. The van der Waals surface area contributed by atoms with Gasteiger partial charge >= 0.3 is 0 Å². The van der Waals surface area contributed by atoms with E-state index in [1.54, 1.807) is 18.2 Å². The third-order valence-electron chi connectivity index (χ3n) is 3.55. The highest BCUT2D eigenvalue weighted by molar-refractivity contribution is 7.89. The van der Waals surface area contributed by atoms with Crippen molar-refractivity contribution in [3.05, 3.63) is 29.3 Å². The smallest absolute Gasteiger partial charge is 0.211 e. The molecule has 0 unspecified atom stereocenters. The van der Waals surface area contributed by atoms with Crippen LogP contribution in [0.4, 0.5) is 0 Å². The number of halogens is 2. The molecule has 0 aliphatic heterocycles. The highest BCUT2D eigenvalue weighted by Gasteiger charge is 2.28. The lowest BCUT2D eigenvalue weighted by atomic mass is 9.85. The molecule has 0 aliphatic rings. The van der Waals surface area contributed by atoms with Crippen LogP contribution in [0.25, 0.3) is 0 Å². The van der Waals surface area contributed by atoms with Crippen molar-refractivity contribution in [1.82, 2.24) is 4.72 Å². The van der Waals surface area contributed by atoms with E-state index in [1.807, 2.05) is 13.8 Å². The molecule has 1 aromatic carbocycles. The summed E-state index contributed by atoms with van der Waals surface area (Å²) in [5, 5.41) is 0.222. The summed E-state index contributed by atoms with van der Waals surface area (Å²) in [6.07, 6.45) is 1.64. The largest absolute Gasteiger partial charge is 0.242 e. The molecule has 1 rings (SSSR count). The van der Waals surface area contributed by atoms with Crippen molar-refractivity contribution in [2.24, 2.45) is 5.41 Å². The van der Waals surface area contributed by atoms with Gasteiger partial charge in [-0.05, 0) is 30.4 Å². The molecule has 0 amide bonds. The topological polar surface area (TPSA) is 46.2 Å². The lowest BCUT2D eigenvalue weighted by Gasteiger charge is -2.29. The number of sulfonamides is 1. The second-order valence-electron chi connectivity index (χ2n) is 4.60. The summed E-state index contributed by atoms with van der Waals surface area (Å²) in [5.74, 6) is 0.422. The predicted molar refractivity (Wildman–Crippen MR) is 80.4 cm³/mol. The van der Waals surface area contributed by atoms with Crippen LogP contribution in [-0.2, 0) is 10.0 Å². The van der Waals surface area contributed by atoms with Gasteiger partial charge in [-0.1, -0.05) is 37.6 Å². The van der Waals surface area contributed by atoms with E-state index in [0.717, 1.165) is 12.8 Å². The van der Waals surface area contributed by atoms with Gasteiger partial charge in [0.2, 0.25) is 10.0 Å². The fourth-order valence-corrected chi connectivity index (χ4v) is 3.87. The van der Waals surface area contributed by atoms with Gasteiger partial charge < -0.3 is 0 Å². The van der Waals surface area contributed by atoms with E-state index in [4.69, 9.17) is 23.2 Å². The summed E-state index contributed by atoms with van der Waals surface area (Å²) >= 11 is 11.9. The fraction of sp³-hybridized carbons (Fsp3) is 0.538. The van der Waals surface area contributed by atoms with Gasteiger partial charge in [-0.3, -0.25) is 0 Å². The van der Waals surface area contributed by atoms with Crippen molar-refractivity contribution >= 4 is 33.2 Å². The molecule has 6 heteroatoms. The van der Waals surface area contributed by atoms with Crippen LogP contribution in [-0.4, -0.2) is 20.8 Å². The molecule has 0 radical (unpaired) electrons. The zero-order valence-electron chi connectivity index (χ0n) is 11.1. The minimum atomic E-state index is -3.60. The lowest BCUT2D eigenvalue weighted by Crippen LogP contribution is -2.38. The van der Waals surface area contributed by atoms with E-state index >= 15 is 0 Å². The summed E-state index contributed by atoms with van der Waals surface area (Å²) in [6.45, 7) is 4.34. The number of rotatable bonds is 7. The third kappa shape index (κ3) is 4.09. The molecule has 1 aromatic rings. The molecule has 1 N–H and O–H groups in total. The molecule has 0 bridgehead atoms.